The van der Waals surface area contributed by atoms with Crippen LogP contribution in [0.1, 0.15) is 38.8 Å². The highest BCUT2D eigenvalue weighted by molar-refractivity contribution is 5.39. The first-order valence-electron chi connectivity index (χ1n) is 7.59. The zero-order valence-electron chi connectivity index (χ0n) is 12.3. The van der Waals surface area contributed by atoms with E-state index in [1.54, 1.807) is 12.1 Å². The molecule has 0 saturated carbocycles. The summed E-state index contributed by atoms with van der Waals surface area (Å²) in [5, 5.41) is 0. The first-order chi connectivity index (χ1) is 9.63. The van der Waals surface area contributed by atoms with Crippen LogP contribution >= 0.6 is 0 Å². The third-order valence-corrected chi connectivity index (χ3v) is 4.33. The van der Waals surface area contributed by atoms with E-state index in [-0.39, 0.29) is 5.43 Å². The molecule has 2 aromatic heterocycles. The van der Waals surface area contributed by atoms with E-state index in [4.69, 9.17) is 0 Å². The van der Waals surface area contributed by atoms with Crippen LogP contribution in [0.2, 0.25) is 0 Å². The zero-order valence-corrected chi connectivity index (χ0v) is 12.3. The van der Waals surface area contributed by atoms with Crippen LogP contribution in [-0.4, -0.2) is 32.9 Å². The Morgan fingerprint density at radius 2 is 2.25 bits per heavy atom. The molecule has 0 radical (unpaired) electrons. The van der Waals surface area contributed by atoms with Gasteiger partial charge in [0.25, 0.3) is 0 Å². The summed E-state index contributed by atoms with van der Waals surface area (Å²) in [7, 11) is 0. The van der Waals surface area contributed by atoms with E-state index in [0.29, 0.717) is 12.1 Å². The summed E-state index contributed by atoms with van der Waals surface area (Å²) in [5.74, 6) is 0. The van der Waals surface area contributed by atoms with Crippen LogP contribution in [0.4, 0.5) is 0 Å². The fraction of sp³-hybridized carbons (Fsp3) is 0.562. The van der Waals surface area contributed by atoms with Crippen molar-refractivity contribution in [1.29, 1.82) is 0 Å². The number of pyridine rings is 1. The maximum atomic E-state index is 11.4. The van der Waals surface area contributed by atoms with E-state index in [1.165, 1.54) is 31.5 Å². The number of aromatic nitrogens is 2. The quantitative estimate of drug-likeness (QED) is 0.933. The van der Waals surface area contributed by atoms with Crippen LogP contribution in [-0.2, 0) is 6.42 Å². The summed E-state index contributed by atoms with van der Waals surface area (Å²) in [6.07, 6.45) is 8.89. The van der Waals surface area contributed by atoms with Crippen molar-refractivity contribution in [1.82, 2.24) is 14.3 Å². The van der Waals surface area contributed by atoms with Crippen LogP contribution in [0.25, 0.3) is 5.65 Å². The van der Waals surface area contributed by atoms with Crippen molar-refractivity contribution in [2.45, 2.75) is 51.6 Å². The molecule has 1 aliphatic heterocycles. The predicted octanol–water partition coefficient (Wildman–Crippen LogP) is 2.43. The van der Waals surface area contributed by atoms with Crippen molar-refractivity contribution in [3.05, 3.63) is 40.4 Å². The van der Waals surface area contributed by atoms with Gasteiger partial charge in [0.2, 0.25) is 0 Å². The highest BCUT2D eigenvalue weighted by Gasteiger charge is 2.24. The Balaban J connectivity index is 1.82. The molecule has 1 saturated heterocycles. The molecule has 1 atom stereocenters. The molecule has 20 heavy (non-hydrogen) atoms. The summed E-state index contributed by atoms with van der Waals surface area (Å²) in [6, 6.07) is 4.48. The predicted molar refractivity (Wildman–Crippen MR) is 81.2 cm³/mol. The lowest BCUT2D eigenvalue weighted by Crippen LogP contribution is -2.45. The average molecular weight is 273 g/mol. The Morgan fingerprint density at radius 3 is 3.05 bits per heavy atom. The third-order valence-electron chi connectivity index (χ3n) is 4.33. The van der Waals surface area contributed by atoms with Crippen molar-refractivity contribution < 1.29 is 0 Å². The summed E-state index contributed by atoms with van der Waals surface area (Å²) < 4.78 is 2.00. The minimum absolute atomic E-state index is 0.0554. The fourth-order valence-electron chi connectivity index (χ4n) is 3.35. The number of piperidine rings is 1. The van der Waals surface area contributed by atoms with Gasteiger partial charge in [-0.15, -0.1) is 0 Å². The highest BCUT2D eigenvalue weighted by Crippen LogP contribution is 2.22. The van der Waals surface area contributed by atoms with Crippen LogP contribution in [0.15, 0.2) is 29.3 Å². The summed E-state index contributed by atoms with van der Waals surface area (Å²) in [6.45, 7) is 5.77. The van der Waals surface area contributed by atoms with Crippen LogP contribution in [0.3, 0.4) is 0 Å². The fourth-order valence-corrected chi connectivity index (χ4v) is 3.35. The second-order valence-corrected chi connectivity index (χ2v) is 6.12. The monoisotopic (exact) mass is 273 g/mol. The van der Waals surface area contributed by atoms with Gasteiger partial charge in [-0.1, -0.05) is 6.42 Å². The molecule has 108 valence electrons. The molecule has 4 nitrogen and oxygen atoms in total. The van der Waals surface area contributed by atoms with Crippen LogP contribution < -0.4 is 5.43 Å². The Labute approximate surface area is 119 Å². The van der Waals surface area contributed by atoms with Gasteiger partial charge in [-0.25, -0.2) is 0 Å². The maximum absolute atomic E-state index is 11.4. The molecule has 4 heteroatoms. The number of hydrogen-bond donors (Lipinski definition) is 1. The van der Waals surface area contributed by atoms with E-state index in [2.05, 4.69) is 29.9 Å². The van der Waals surface area contributed by atoms with Gasteiger partial charge in [-0.05, 0) is 33.2 Å². The molecule has 3 heterocycles. The smallest absolute Gasteiger partial charge is 0.183 e. The first kappa shape index (κ1) is 13.4. The minimum Gasteiger partial charge on any atom is -0.343 e. The highest BCUT2D eigenvalue weighted by atomic mass is 16.1. The Hall–Kier alpha value is -1.55. The van der Waals surface area contributed by atoms with Crippen molar-refractivity contribution in [3.63, 3.8) is 0 Å². The van der Waals surface area contributed by atoms with Gasteiger partial charge in [0.05, 0.1) is 0 Å². The lowest BCUT2D eigenvalue weighted by atomic mass is 9.97. The molecule has 0 spiro atoms. The summed E-state index contributed by atoms with van der Waals surface area (Å²) in [4.78, 5) is 17.4. The van der Waals surface area contributed by atoms with E-state index in [0.717, 1.165) is 12.1 Å². The maximum Gasteiger partial charge on any atom is 0.183 e. The van der Waals surface area contributed by atoms with Gasteiger partial charge in [0.15, 0.2) is 5.43 Å². The molecule has 1 fully saturated rings. The summed E-state index contributed by atoms with van der Waals surface area (Å²) >= 11 is 0. The number of likely N-dealkylation sites (tertiary alicyclic amines) is 1. The number of rotatable bonds is 3. The number of H-pyrrole nitrogens is 1. The average Bonchev–Trinajstić information content (AvgIpc) is 2.80. The third kappa shape index (κ3) is 2.66. The number of nitrogens with zero attached hydrogens (tertiary/aromatic N) is 2. The molecular formula is C16H23N3O. The normalized spacial score (nSPS) is 20.9. The Kier molecular flexibility index (Phi) is 3.66. The van der Waals surface area contributed by atoms with Crippen molar-refractivity contribution in [2.75, 3.05) is 6.54 Å². The molecule has 3 rings (SSSR count). The van der Waals surface area contributed by atoms with Gasteiger partial charge < -0.3 is 9.38 Å². The molecule has 0 amide bonds. The lowest BCUT2D eigenvalue weighted by molar-refractivity contribution is 0.111. The number of nitrogens with one attached hydrogen (secondary N) is 1. The molecule has 1 aliphatic rings. The minimum atomic E-state index is 0.0554. The van der Waals surface area contributed by atoms with E-state index < -0.39 is 0 Å². The van der Waals surface area contributed by atoms with Gasteiger partial charge in [-0.2, -0.15) is 0 Å². The van der Waals surface area contributed by atoms with Crippen molar-refractivity contribution in [3.8, 4) is 0 Å². The lowest BCUT2D eigenvalue weighted by Gasteiger charge is -2.38. The van der Waals surface area contributed by atoms with E-state index >= 15 is 0 Å². The molecule has 2 aromatic rings. The van der Waals surface area contributed by atoms with Crippen LogP contribution in [0, 0.1) is 0 Å². The topological polar surface area (TPSA) is 40.5 Å². The second-order valence-electron chi connectivity index (χ2n) is 6.12. The number of aromatic amines is 1. The largest absolute Gasteiger partial charge is 0.343 e. The van der Waals surface area contributed by atoms with Crippen molar-refractivity contribution in [2.24, 2.45) is 0 Å². The number of imidazole rings is 1. The Morgan fingerprint density at radius 1 is 1.40 bits per heavy atom. The van der Waals surface area contributed by atoms with Crippen molar-refractivity contribution >= 4 is 5.65 Å². The molecule has 1 unspecified atom stereocenters. The molecular weight excluding hydrogens is 250 g/mol. The van der Waals surface area contributed by atoms with E-state index in [9.17, 15) is 4.79 Å². The molecule has 0 aromatic carbocycles. The molecule has 1 N–H and O–H groups in total. The van der Waals surface area contributed by atoms with Crippen LogP contribution in [0.5, 0.6) is 0 Å². The summed E-state index contributed by atoms with van der Waals surface area (Å²) in [5.41, 5.74) is 2.16. The second kappa shape index (κ2) is 5.44. The number of hydrogen-bond acceptors (Lipinski definition) is 2. The van der Waals surface area contributed by atoms with Gasteiger partial charge in [0, 0.05) is 48.7 Å². The SMILES string of the molecule is CC(C)N1CCCCC1Cc1cn2ccc(=O)cc2[nH]1. The van der Waals surface area contributed by atoms with Gasteiger partial charge >= 0.3 is 0 Å². The first-order valence-corrected chi connectivity index (χ1v) is 7.59. The standard InChI is InChI=1S/C16H23N3O/c1-12(2)19-7-4-3-5-14(19)9-13-11-18-8-6-15(20)10-16(18)17-13/h6,8,10-12,14,17H,3-5,7,9H2,1-2H3. The van der Waals surface area contributed by atoms with E-state index in [1.807, 2.05) is 10.6 Å². The molecule has 0 bridgehead atoms. The molecule has 0 aliphatic carbocycles. The van der Waals surface area contributed by atoms with Gasteiger partial charge in [-0.3, -0.25) is 9.69 Å². The zero-order chi connectivity index (χ0) is 14.1. The Bertz CT molecular complexity index is 640. The number of fused-ring (bicyclic) bond motifs is 1. The van der Waals surface area contributed by atoms with Gasteiger partial charge in [0.1, 0.15) is 5.65 Å².